The number of aromatic nitrogens is 2. The number of benzene rings is 2. The smallest absolute Gasteiger partial charge is 0.282 e. The highest BCUT2D eigenvalue weighted by Gasteiger charge is 2.21. The molecule has 27 heavy (non-hydrogen) atoms. The van der Waals surface area contributed by atoms with Crippen molar-refractivity contribution in [1.29, 1.82) is 0 Å². The topological polar surface area (TPSA) is 90.1 Å². The van der Waals surface area contributed by atoms with Crippen molar-refractivity contribution in [1.82, 2.24) is 9.78 Å². The number of rotatable bonds is 6. The second kappa shape index (κ2) is 8.36. The number of amides is 1. The van der Waals surface area contributed by atoms with Gasteiger partial charge in [-0.25, -0.2) is 4.68 Å². The summed E-state index contributed by atoms with van der Waals surface area (Å²) < 4.78 is 2.58. The molecule has 0 aliphatic carbocycles. The highest BCUT2D eigenvalue weighted by Crippen LogP contribution is 2.26. The Morgan fingerprint density at radius 3 is 2.81 bits per heavy atom. The predicted molar refractivity (Wildman–Crippen MR) is 108 cm³/mol. The normalized spacial score (nSPS) is 10.6. The third kappa shape index (κ3) is 4.55. The first kappa shape index (κ1) is 19.1. The van der Waals surface area contributed by atoms with Crippen LogP contribution in [0.5, 0.6) is 0 Å². The summed E-state index contributed by atoms with van der Waals surface area (Å²) in [5.74, 6) is -0.0857. The van der Waals surface area contributed by atoms with Gasteiger partial charge in [0.15, 0.2) is 0 Å². The fourth-order valence-electron chi connectivity index (χ4n) is 2.54. The van der Waals surface area contributed by atoms with Gasteiger partial charge in [0.1, 0.15) is 11.4 Å². The highest BCUT2D eigenvalue weighted by molar-refractivity contribution is 9.10. The summed E-state index contributed by atoms with van der Waals surface area (Å²) in [6.07, 6.45) is 3.41. The second-order valence-corrected chi connectivity index (χ2v) is 7.39. The lowest BCUT2D eigenvalue weighted by Gasteiger charge is -2.10. The molecule has 0 atom stereocenters. The molecule has 3 rings (SSSR count). The van der Waals surface area contributed by atoms with Crippen LogP contribution < -0.4 is 5.32 Å². The molecule has 1 N–H and O–H groups in total. The number of anilines is 1. The molecule has 0 saturated carbocycles. The van der Waals surface area contributed by atoms with Crippen LogP contribution in [0.2, 0.25) is 0 Å². The van der Waals surface area contributed by atoms with E-state index < -0.39 is 10.8 Å². The summed E-state index contributed by atoms with van der Waals surface area (Å²) in [7, 11) is 0. The first-order valence-corrected chi connectivity index (χ1v) is 9.89. The number of nitro benzene ring substituents is 1. The lowest BCUT2D eigenvalue weighted by Crippen LogP contribution is -2.17. The van der Waals surface area contributed by atoms with Crippen molar-refractivity contribution in [2.75, 3.05) is 11.6 Å². The van der Waals surface area contributed by atoms with E-state index in [2.05, 4.69) is 26.3 Å². The minimum atomic E-state index is -0.558. The first-order chi connectivity index (χ1) is 13.0. The molecule has 9 heteroatoms. The molecule has 1 aromatic heterocycles. The SMILES string of the molecule is CSc1ccc([N+](=O)[O-])c(C(=O)Nc2ccnn2Cc2cccc(Br)c2)c1. The quantitative estimate of drug-likeness (QED) is 0.340. The fraction of sp³-hybridized carbons (Fsp3) is 0.111. The highest BCUT2D eigenvalue weighted by atomic mass is 79.9. The van der Waals surface area contributed by atoms with Crippen LogP contribution in [-0.4, -0.2) is 26.9 Å². The third-order valence-electron chi connectivity index (χ3n) is 3.82. The van der Waals surface area contributed by atoms with Crippen LogP contribution in [0.4, 0.5) is 11.5 Å². The van der Waals surface area contributed by atoms with Crippen molar-refractivity contribution >= 4 is 45.1 Å². The van der Waals surface area contributed by atoms with Crippen molar-refractivity contribution in [3.63, 3.8) is 0 Å². The van der Waals surface area contributed by atoms with Crippen LogP contribution >= 0.6 is 27.7 Å². The average Bonchev–Trinajstić information content (AvgIpc) is 3.07. The van der Waals surface area contributed by atoms with Crippen molar-refractivity contribution in [2.45, 2.75) is 11.4 Å². The maximum absolute atomic E-state index is 12.7. The van der Waals surface area contributed by atoms with Gasteiger partial charge in [0, 0.05) is 21.5 Å². The summed E-state index contributed by atoms with van der Waals surface area (Å²) in [5.41, 5.74) is 0.782. The minimum absolute atomic E-state index is 0.0158. The number of hydrogen-bond donors (Lipinski definition) is 1. The van der Waals surface area contributed by atoms with Crippen molar-refractivity contribution < 1.29 is 9.72 Å². The summed E-state index contributed by atoms with van der Waals surface area (Å²) >= 11 is 4.84. The zero-order valence-electron chi connectivity index (χ0n) is 14.3. The van der Waals surface area contributed by atoms with E-state index in [1.54, 1.807) is 23.0 Å². The van der Waals surface area contributed by atoms with Gasteiger partial charge in [0.05, 0.1) is 17.7 Å². The zero-order valence-corrected chi connectivity index (χ0v) is 16.7. The Labute approximate surface area is 168 Å². The number of nitrogens with zero attached hydrogens (tertiary/aromatic N) is 3. The molecular formula is C18H15BrN4O3S. The lowest BCUT2D eigenvalue weighted by molar-refractivity contribution is -0.385. The first-order valence-electron chi connectivity index (χ1n) is 7.88. The van der Waals surface area contributed by atoms with Gasteiger partial charge in [-0.1, -0.05) is 28.1 Å². The van der Waals surface area contributed by atoms with Gasteiger partial charge in [-0.3, -0.25) is 14.9 Å². The van der Waals surface area contributed by atoms with E-state index in [9.17, 15) is 14.9 Å². The van der Waals surface area contributed by atoms with Gasteiger partial charge < -0.3 is 5.32 Å². The van der Waals surface area contributed by atoms with Crippen LogP contribution in [0, 0.1) is 10.1 Å². The lowest BCUT2D eigenvalue weighted by atomic mass is 10.1. The van der Waals surface area contributed by atoms with E-state index in [0.29, 0.717) is 12.4 Å². The van der Waals surface area contributed by atoms with Gasteiger partial charge in [-0.05, 0) is 36.1 Å². The summed E-state index contributed by atoms with van der Waals surface area (Å²) in [6, 6.07) is 13.9. The van der Waals surface area contributed by atoms with E-state index in [1.165, 1.54) is 23.9 Å². The fourth-order valence-corrected chi connectivity index (χ4v) is 3.43. The summed E-state index contributed by atoms with van der Waals surface area (Å²) in [4.78, 5) is 24.2. The Bertz CT molecular complexity index is 1010. The van der Waals surface area contributed by atoms with Crippen molar-refractivity contribution in [2.24, 2.45) is 0 Å². The third-order valence-corrected chi connectivity index (χ3v) is 5.04. The molecule has 0 saturated heterocycles. The van der Waals surface area contributed by atoms with Crippen LogP contribution in [0.15, 0.2) is 64.1 Å². The molecule has 0 aliphatic rings. The molecular weight excluding hydrogens is 432 g/mol. The molecule has 3 aromatic rings. The Hall–Kier alpha value is -2.65. The van der Waals surface area contributed by atoms with Crippen molar-refractivity contribution in [3.8, 4) is 0 Å². The number of hydrogen-bond acceptors (Lipinski definition) is 5. The van der Waals surface area contributed by atoms with Crippen LogP contribution in [0.25, 0.3) is 0 Å². The van der Waals surface area contributed by atoms with E-state index >= 15 is 0 Å². The molecule has 1 heterocycles. The maximum Gasteiger partial charge on any atom is 0.282 e. The molecule has 0 fully saturated rings. The monoisotopic (exact) mass is 446 g/mol. The number of carbonyl (C=O) groups excluding carboxylic acids is 1. The van der Waals surface area contributed by atoms with E-state index in [-0.39, 0.29) is 11.3 Å². The Morgan fingerprint density at radius 2 is 2.11 bits per heavy atom. The molecule has 0 spiro atoms. The number of nitrogens with one attached hydrogen (secondary N) is 1. The van der Waals surface area contributed by atoms with E-state index in [4.69, 9.17) is 0 Å². The van der Waals surface area contributed by atoms with Gasteiger partial charge in [-0.2, -0.15) is 5.10 Å². The van der Waals surface area contributed by atoms with Gasteiger partial charge >= 0.3 is 0 Å². The maximum atomic E-state index is 12.7. The molecule has 0 unspecified atom stereocenters. The number of thioether (sulfide) groups is 1. The predicted octanol–water partition coefficient (Wildman–Crippen LogP) is 4.58. The molecule has 7 nitrogen and oxygen atoms in total. The average molecular weight is 447 g/mol. The van der Waals surface area contributed by atoms with Crippen LogP contribution in [-0.2, 0) is 6.54 Å². The number of halogens is 1. The molecule has 1 amide bonds. The van der Waals surface area contributed by atoms with Gasteiger partial charge in [0.2, 0.25) is 0 Å². The Morgan fingerprint density at radius 1 is 1.30 bits per heavy atom. The molecule has 2 aromatic carbocycles. The zero-order chi connectivity index (χ0) is 19.4. The molecule has 0 radical (unpaired) electrons. The molecule has 138 valence electrons. The van der Waals surface area contributed by atoms with Crippen molar-refractivity contribution in [3.05, 3.63) is 80.4 Å². The standard InChI is InChI=1S/C18H15BrN4O3S/c1-27-14-5-6-16(23(25)26)15(10-14)18(24)21-17-7-8-20-22(17)11-12-3-2-4-13(19)9-12/h2-10H,11H2,1H3,(H,21,24). The largest absolute Gasteiger partial charge is 0.307 e. The van der Waals surface area contributed by atoms with E-state index in [0.717, 1.165) is 14.9 Å². The van der Waals surface area contributed by atoms with Crippen LogP contribution in [0.3, 0.4) is 0 Å². The summed E-state index contributed by atoms with van der Waals surface area (Å²) in [5, 5.41) is 18.2. The number of carbonyl (C=O) groups is 1. The molecule has 0 bridgehead atoms. The van der Waals surface area contributed by atoms with Gasteiger partial charge in [0.25, 0.3) is 11.6 Å². The Balaban J connectivity index is 1.85. The summed E-state index contributed by atoms with van der Waals surface area (Å²) in [6.45, 7) is 0.453. The van der Waals surface area contributed by atoms with Gasteiger partial charge in [-0.15, -0.1) is 11.8 Å². The van der Waals surface area contributed by atoms with Crippen LogP contribution in [0.1, 0.15) is 15.9 Å². The minimum Gasteiger partial charge on any atom is -0.307 e. The number of nitro groups is 1. The molecule has 0 aliphatic heterocycles. The van der Waals surface area contributed by atoms with E-state index in [1.807, 2.05) is 30.5 Å². The Kier molecular flexibility index (Phi) is 5.92. The second-order valence-electron chi connectivity index (χ2n) is 5.60.